The number of nitrogens with one attached hydrogen (secondary N) is 1. The molecule has 1 aliphatic rings. The maximum Gasteiger partial charge on any atom is 0.349 e. The van der Waals surface area contributed by atoms with Crippen molar-refractivity contribution in [3.63, 3.8) is 0 Å². The first kappa shape index (κ1) is 18.0. The van der Waals surface area contributed by atoms with Crippen molar-refractivity contribution in [1.82, 2.24) is 9.97 Å². The Morgan fingerprint density at radius 2 is 1.96 bits per heavy atom. The molecule has 0 atom stereocenters. The van der Waals surface area contributed by atoms with E-state index in [9.17, 15) is 9.59 Å². The molecule has 144 valence electrons. The number of carbonyl (C=O) groups excluding carboxylic acids is 1. The molecule has 3 aromatic rings. The van der Waals surface area contributed by atoms with Crippen molar-refractivity contribution in [2.45, 2.75) is 12.8 Å². The lowest BCUT2D eigenvalue weighted by Gasteiger charge is -2.20. The second-order valence-electron chi connectivity index (χ2n) is 6.94. The Morgan fingerprint density at radius 3 is 2.71 bits per heavy atom. The third-order valence-corrected chi connectivity index (χ3v) is 4.70. The minimum atomic E-state index is -0.683. The van der Waals surface area contributed by atoms with Crippen LogP contribution in [0.2, 0.25) is 0 Å². The Labute approximate surface area is 161 Å². The second-order valence-corrected chi connectivity index (χ2v) is 6.94. The number of aromatic nitrogens is 2. The molecule has 1 aliphatic heterocycles. The fraction of sp³-hybridized carbons (Fsp3) is 0.300. The number of hydrogen-bond donors (Lipinski definition) is 1. The molecule has 1 aromatic carbocycles. The summed E-state index contributed by atoms with van der Waals surface area (Å²) in [6.45, 7) is 1.85. The third kappa shape index (κ3) is 3.40. The van der Waals surface area contributed by atoms with Gasteiger partial charge in [0, 0.05) is 32.6 Å². The van der Waals surface area contributed by atoms with Gasteiger partial charge >= 0.3 is 5.63 Å². The quantitative estimate of drug-likeness (QED) is 0.696. The lowest BCUT2D eigenvalue weighted by atomic mass is 10.2. The van der Waals surface area contributed by atoms with Crippen LogP contribution in [0, 0.1) is 0 Å². The lowest BCUT2D eigenvalue weighted by molar-refractivity contribution is 0.102. The van der Waals surface area contributed by atoms with Gasteiger partial charge in [0.2, 0.25) is 5.95 Å². The predicted molar refractivity (Wildman–Crippen MR) is 108 cm³/mol. The molecule has 0 unspecified atom stereocenters. The van der Waals surface area contributed by atoms with E-state index in [1.165, 1.54) is 6.07 Å². The normalized spacial score (nSPS) is 13.7. The average molecular weight is 379 g/mol. The van der Waals surface area contributed by atoms with Crippen molar-refractivity contribution < 1.29 is 9.21 Å². The standard InChI is InChI=1S/C20H21N5O3/c1-24(2)17-15(12-21-20(23-17)25-9-5-6-10-25)22-18(26)14-11-13-7-3-4-8-16(13)28-19(14)27/h3-4,7-8,11-12H,5-6,9-10H2,1-2H3,(H,22,26). The molecule has 8 heteroatoms. The molecule has 0 bridgehead atoms. The third-order valence-electron chi connectivity index (χ3n) is 4.70. The Bertz CT molecular complexity index is 1090. The molecule has 0 saturated carbocycles. The highest BCUT2D eigenvalue weighted by molar-refractivity contribution is 6.06. The zero-order valence-electron chi connectivity index (χ0n) is 15.8. The van der Waals surface area contributed by atoms with E-state index in [1.807, 2.05) is 20.2 Å². The van der Waals surface area contributed by atoms with E-state index >= 15 is 0 Å². The van der Waals surface area contributed by atoms with E-state index in [0.29, 0.717) is 28.4 Å². The maximum atomic E-state index is 12.7. The van der Waals surface area contributed by atoms with Crippen LogP contribution in [0.3, 0.4) is 0 Å². The van der Waals surface area contributed by atoms with Gasteiger partial charge in [-0.15, -0.1) is 0 Å². The van der Waals surface area contributed by atoms with Crippen LogP contribution in [-0.4, -0.2) is 43.1 Å². The van der Waals surface area contributed by atoms with Crippen molar-refractivity contribution >= 4 is 34.3 Å². The van der Waals surface area contributed by atoms with E-state index in [4.69, 9.17) is 4.42 Å². The van der Waals surface area contributed by atoms with Crippen LogP contribution in [0.15, 0.2) is 45.7 Å². The average Bonchev–Trinajstić information content (AvgIpc) is 3.22. The number of para-hydroxylation sites is 1. The molecule has 3 heterocycles. The summed E-state index contributed by atoms with van der Waals surface area (Å²) in [4.78, 5) is 37.9. The smallest absolute Gasteiger partial charge is 0.349 e. The Kier molecular flexibility index (Phi) is 4.68. The molecule has 0 radical (unpaired) electrons. The summed E-state index contributed by atoms with van der Waals surface area (Å²) in [7, 11) is 3.69. The van der Waals surface area contributed by atoms with Gasteiger partial charge in [-0.25, -0.2) is 9.78 Å². The van der Waals surface area contributed by atoms with Crippen molar-refractivity contribution in [3.05, 3.63) is 52.5 Å². The van der Waals surface area contributed by atoms with Gasteiger partial charge in [0.15, 0.2) is 5.82 Å². The molecule has 1 N–H and O–H groups in total. The largest absolute Gasteiger partial charge is 0.422 e. The second kappa shape index (κ2) is 7.30. The van der Waals surface area contributed by atoms with Crippen molar-refractivity contribution in [2.24, 2.45) is 0 Å². The Hall–Kier alpha value is -3.42. The number of amides is 1. The Morgan fingerprint density at radius 1 is 1.21 bits per heavy atom. The van der Waals surface area contributed by atoms with Crippen molar-refractivity contribution in [1.29, 1.82) is 0 Å². The summed E-state index contributed by atoms with van der Waals surface area (Å²) in [6.07, 6.45) is 3.82. The predicted octanol–water partition coefficient (Wildman–Crippen LogP) is 2.50. The zero-order valence-corrected chi connectivity index (χ0v) is 15.8. The number of nitrogens with zero attached hydrogens (tertiary/aromatic N) is 4. The van der Waals surface area contributed by atoms with E-state index in [0.717, 1.165) is 25.9 Å². The van der Waals surface area contributed by atoms with Crippen LogP contribution in [0.25, 0.3) is 11.0 Å². The van der Waals surface area contributed by atoms with Crippen molar-refractivity contribution in [2.75, 3.05) is 42.3 Å². The zero-order chi connectivity index (χ0) is 19.7. The highest BCUT2D eigenvalue weighted by atomic mass is 16.4. The van der Waals surface area contributed by atoms with Gasteiger partial charge < -0.3 is 19.5 Å². The highest BCUT2D eigenvalue weighted by Gasteiger charge is 2.20. The van der Waals surface area contributed by atoms with Gasteiger partial charge in [-0.2, -0.15) is 4.98 Å². The van der Waals surface area contributed by atoms with Crippen LogP contribution in [-0.2, 0) is 0 Å². The molecule has 28 heavy (non-hydrogen) atoms. The van der Waals surface area contributed by atoms with Gasteiger partial charge in [-0.1, -0.05) is 18.2 Å². The summed E-state index contributed by atoms with van der Waals surface area (Å²) in [5.41, 5.74) is 0.131. The topological polar surface area (TPSA) is 91.6 Å². The summed E-state index contributed by atoms with van der Waals surface area (Å²) >= 11 is 0. The Balaban J connectivity index is 1.65. The summed E-state index contributed by atoms with van der Waals surface area (Å²) in [5, 5.41) is 3.43. The van der Waals surface area contributed by atoms with E-state index in [-0.39, 0.29) is 5.56 Å². The van der Waals surface area contributed by atoms with Crippen LogP contribution < -0.4 is 20.7 Å². The minimum absolute atomic E-state index is 0.0629. The SMILES string of the molecule is CN(C)c1nc(N2CCCC2)ncc1NC(=O)c1cc2ccccc2oc1=O. The summed E-state index contributed by atoms with van der Waals surface area (Å²) in [5.74, 6) is 0.667. The number of anilines is 3. The molecule has 0 aliphatic carbocycles. The number of fused-ring (bicyclic) bond motifs is 1. The highest BCUT2D eigenvalue weighted by Crippen LogP contribution is 2.26. The van der Waals surface area contributed by atoms with Crippen LogP contribution in [0.5, 0.6) is 0 Å². The molecular formula is C20H21N5O3. The first-order valence-electron chi connectivity index (χ1n) is 9.16. The first-order valence-corrected chi connectivity index (χ1v) is 9.16. The monoisotopic (exact) mass is 379 g/mol. The van der Waals surface area contributed by atoms with Crippen LogP contribution in [0.1, 0.15) is 23.2 Å². The molecule has 1 saturated heterocycles. The fourth-order valence-electron chi connectivity index (χ4n) is 3.27. The van der Waals surface area contributed by atoms with E-state index < -0.39 is 11.5 Å². The molecule has 1 fully saturated rings. The van der Waals surface area contributed by atoms with Crippen molar-refractivity contribution in [3.8, 4) is 0 Å². The lowest BCUT2D eigenvalue weighted by Crippen LogP contribution is -2.25. The number of hydrogen-bond acceptors (Lipinski definition) is 7. The molecule has 0 spiro atoms. The van der Waals surface area contributed by atoms with Gasteiger partial charge in [0.05, 0.1) is 6.20 Å². The molecule has 4 rings (SSSR count). The van der Waals surface area contributed by atoms with E-state index in [2.05, 4.69) is 20.2 Å². The minimum Gasteiger partial charge on any atom is -0.422 e. The van der Waals surface area contributed by atoms with Crippen LogP contribution >= 0.6 is 0 Å². The summed E-state index contributed by atoms with van der Waals surface area (Å²) < 4.78 is 5.25. The molecule has 2 aromatic heterocycles. The van der Waals surface area contributed by atoms with Gasteiger partial charge in [-0.05, 0) is 25.0 Å². The van der Waals surface area contributed by atoms with E-state index in [1.54, 1.807) is 29.3 Å². The summed E-state index contributed by atoms with van der Waals surface area (Å²) in [6, 6.07) is 8.60. The number of benzene rings is 1. The molecule has 1 amide bonds. The molecule has 8 nitrogen and oxygen atoms in total. The maximum absolute atomic E-state index is 12.7. The fourth-order valence-corrected chi connectivity index (χ4v) is 3.27. The number of carbonyl (C=O) groups is 1. The molecular weight excluding hydrogens is 358 g/mol. The first-order chi connectivity index (χ1) is 13.5. The van der Waals surface area contributed by atoms with Gasteiger partial charge in [0.1, 0.15) is 16.8 Å². The van der Waals surface area contributed by atoms with Gasteiger partial charge in [-0.3, -0.25) is 4.79 Å². The van der Waals surface area contributed by atoms with Gasteiger partial charge in [0.25, 0.3) is 5.91 Å². The number of rotatable bonds is 4. The van der Waals surface area contributed by atoms with Crippen LogP contribution in [0.4, 0.5) is 17.5 Å².